The predicted molar refractivity (Wildman–Crippen MR) is 74.8 cm³/mol. The van der Waals surface area contributed by atoms with E-state index in [0.717, 1.165) is 11.8 Å². The Morgan fingerprint density at radius 3 is 2.31 bits per heavy atom. The number of nitrogens with zero attached hydrogens (tertiary/aromatic N) is 1. The molecule has 1 heteroatoms. The maximum absolute atomic E-state index is 3.96. The monoisotopic (exact) mass is 225 g/mol. The molecule has 0 radical (unpaired) electrons. The molecule has 1 nitrogen and oxygen atoms in total. The van der Waals surface area contributed by atoms with Crippen LogP contribution in [0.1, 0.15) is 53.4 Å². The lowest BCUT2D eigenvalue weighted by Crippen LogP contribution is -2.25. The topological polar surface area (TPSA) is 3.24 Å². The average Bonchev–Trinajstić information content (AvgIpc) is 2.14. The minimum absolute atomic E-state index is 0.792. The summed E-state index contributed by atoms with van der Waals surface area (Å²) in [6.07, 6.45) is 5.15. The second-order valence-corrected chi connectivity index (χ2v) is 5.90. The van der Waals surface area contributed by atoms with Gasteiger partial charge in [-0.1, -0.05) is 26.3 Å². The summed E-state index contributed by atoms with van der Waals surface area (Å²) >= 11 is 0. The minimum Gasteiger partial charge on any atom is -0.306 e. The van der Waals surface area contributed by atoms with E-state index in [1.54, 1.807) is 0 Å². The van der Waals surface area contributed by atoms with Crippen molar-refractivity contribution in [3.05, 3.63) is 12.2 Å². The van der Waals surface area contributed by atoms with Crippen molar-refractivity contribution in [2.24, 2.45) is 11.8 Å². The van der Waals surface area contributed by atoms with Crippen LogP contribution in [0.5, 0.6) is 0 Å². The molecular weight excluding hydrogens is 194 g/mol. The third kappa shape index (κ3) is 10.2. The lowest BCUT2D eigenvalue weighted by Gasteiger charge is -2.21. The summed E-state index contributed by atoms with van der Waals surface area (Å²) in [5.74, 6) is 1.63. The molecule has 0 rings (SSSR count). The van der Waals surface area contributed by atoms with E-state index in [4.69, 9.17) is 0 Å². The SMILES string of the molecule is C=C(C)CCC(C)CN(C)CCCC(C)C. The van der Waals surface area contributed by atoms with Crippen LogP contribution < -0.4 is 0 Å². The Kier molecular flexibility index (Phi) is 8.64. The molecule has 0 amide bonds. The molecule has 0 aromatic heterocycles. The van der Waals surface area contributed by atoms with Crippen LogP contribution in [0.15, 0.2) is 12.2 Å². The lowest BCUT2D eigenvalue weighted by molar-refractivity contribution is 0.269. The molecule has 0 aliphatic rings. The molecule has 0 spiro atoms. The Morgan fingerprint density at radius 2 is 1.81 bits per heavy atom. The number of allylic oxidation sites excluding steroid dienone is 1. The molecular formula is C15H31N. The van der Waals surface area contributed by atoms with Gasteiger partial charge in [0, 0.05) is 6.54 Å². The van der Waals surface area contributed by atoms with Crippen LogP contribution in [-0.4, -0.2) is 25.0 Å². The Hall–Kier alpha value is -0.300. The highest BCUT2D eigenvalue weighted by Gasteiger charge is 2.06. The Labute approximate surface area is 103 Å². The van der Waals surface area contributed by atoms with E-state index in [2.05, 4.69) is 46.2 Å². The van der Waals surface area contributed by atoms with E-state index in [9.17, 15) is 0 Å². The molecule has 0 heterocycles. The summed E-state index contributed by atoms with van der Waals surface area (Å²) in [6.45, 7) is 15.5. The summed E-state index contributed by atoms with van der Waals surface area (Å²) in [7, 11) is 2.25. The van der Waals surface area contributed by atoms with Crippen LogP contribution >= 0.6 is 0 Å². The van der Waals surface area contributed by atoms with E-state index >= 15 is 0 Å². The molecule has 0 fully saturated rings. The largest absolute Gasteiger partial charge is 0.306 e. The summed E-state index contributed by atoms with van der Waals surface area (Å²) < 4.78 is 0. The van der Waals surface area contributed by atoms with Crippen molar-refractivity contribution >= 4 is 0 Å². The smallest absolute Gasteiger partial charge is 0.000408 e. The van der Waals surface area contributed by atoms with Gasteiger partial charge in [0.05, 0.1) is 0 Å². The second-order valence-electron chi connectivity index (χ2n) is 5.90. The third-order valence-corrected chi connectivity index (χ3v) is 3.01. The minimum atomic E-state index is 0.792. The number of rotatable bonds is 9. The van der Waals surface area contributed by atoms with Crippen LogP contribution in [0.3, 0.4) is 0 Å². The van der Waals surface area contributed by atoms with Crippen molar-refractivity contribution in [2.75, 3.05) is 20.1 Å². The molecule has 16 heavy (non-hydrogen) atoms. The molecule has 0 aromatic carbocycles. The summed E-state index contributed by atoms with van der Waals surface area (Å²) in [5.41, 5.74) is 1.31. The summed E-state index contributed by atoms with van der Waals surface area (Å²) in [4.78, 5) is 2.48. The molecule has 0 aromatic rings. The van der Waals surface area contributed by atoms with Crippen molar-refractivity contribution in [1.82, 2.24) is 4.90 Å². The first-order chi connectivity index (χ1) is 7.41. The van der Waals surface area contributed by atoms with Gasteiger partial charge in [0.1, 0.15) is 0 Å². The van der Waals surface area contributed by atoms with Gasteiger partial charge in [-0.25, -0.2) is 0 Å². The fraction of sp³-hybridized carbons (Fsp3) is 0.867. The van der Waals surface area contributed by atoms with Crippen molar-refractivity contribution in [3.63, 3.8) is 0 Å². The highest BCUT2D eigenvalue weighted by Crippen LogP contribution is 2.12. The van der Waals surface area contributed by atoms with Gasteiger partial charge in [0.25, 0.3) is 0 Å². The van der Waals surface area contributed by atoms with E-state index < -0.39 is 0 Å². The molecule has 96 valence electrons. The zero-order valence-corrected chi connectivity index (χ0v) is 12.1. The molecule has 0 N–H and O–H groups in total. The summed E-state index contributed by atoms with van der Waals surface area (Å²) in [5, 5.41) is 0. The molecule has 0 saturated carbocycles. The lowest BCUT2D eigenvalue weighted by atomic mass is 10.0. The van der Waals surface area contributed by atoms with E-state index in [0.29, 0.717) is 0 Å². The molecule has 1 unspecified atom stereocenters. The van der Waals surface area contributed by atoms with Gasteiger partial charge in [-0.2, -0.15) is 0 Å². The van der Waals surface area contributed by atoms with Gasteiger partial charge in [0.2, 0.25) is 0 Å². The van der Waals surface area contributed by atoms with Crippen molar-refractivity contribution in [3.8, 4) is 0 Å². The van der Waals surface area contributed by atoms with Crippen LogP contribution in [0.25, 0.3) is 0 Å². The quantitative estimate of drug-likeness (QED) is 0.527. The fourth-order valence-electron chi connectivity index (χ4n) is 1.98. The summed E-state index contributed by atoms with van der Waals surface area (Å²) in [6, 6.07) is 0. The highest BCUT2D eigenvalue weighted by molar-refractivity contribution is 4.87. The highest BCUT2D eigenvalue weighted by atomic mass is 15.1. The maximum atomic E-state index is 3.96. The normalized spacial score (nSPS) is 13.4. The van der Waals surface area contributed by atoms with Gasteiger partial charge in [-0.15, -0.1) is 6.58 Å². The van der Waals surface area contributed by atoms with Gasteiger partial charge < -0.3 is 4.90 Å². The van der Waals surface area contributed by atoms with Gasteiger partial charge >= 0.3 is 0 Å². The first kappa shape index (κ1) is 15.7. The maximum Gasteiger partial charge on any atom is 0.000408 e. The van der Waals surface area contributed by atoms with Crippen LogP contribution in [-0.2, 0) is 0 Å². The van der Waals surface area contributed by atoms with Crippen molar-refractivity contribution < 1.29 is 0 Å². The molecule has 0 aliphatic carbocycles. The van der Waals surface area contributed by atoms with E-state index in [1.165, 1.54) is 44.3 Å². The second kappa shape index (κ2) is 8.81. The van der Waals surface area contributed by atoms with Crippen molar-refractivity contribution in [1.29, 1.82) is 0 Å². The van der Waals surface area contributed by atoms with E-state index in [-0.39, 0.29) is 0 Å². The van der Waals surface area contributed by atoms with Crippen LogP contribution in [0.4, 0.5) is 0 Å². The Bertz CT molecular complexity index is 184. The standard InChI is InChI=1S/C15H31N/c1-13(2)8-7-11-16(6)12-15(5)10-9-14(3)4/h13,15H,3,7-12H2,1-2,4-6H3. The zero-order chi connectivity index (χ0) is 12.6. The predicted octanol–water partition coefficient (Wildman–Crippen LogP) is 4.35. The number of hydrogen-bond acceptors (Lipinski definition) is 1. The first-order valence-electron chi connectivity index (χ1n) is 6.74. The molecule has 0 bridgehead atoms. The molecule has 0 aliphatic heterocycles. The van der Waals surface area contributed by atoms with Gasteiger partial charge in [0.15, 0.2) is 0 Å². The van der Waals surface area contributed by atoms with Crippen molar-refractivity contribution in [2.45, 2.75) is 53.4 Å². The molecule has 1 atom stereocenters. The van der Waals surface area contributed by atoms with Gasteiger partial charge in [-0.05, 0) is 58.0 Å². The average molecular weight is 225 g/mol. The number of hydrogen-bond donors (Lipinski definition) is 0. The first-order valence-corrected chi connectivity index (χ1v) is 6.74. The van der Waals surface area contributed by atoms with Gasteiger partial charge in [-0.3, -0.25) is 0 Å². The van der Waals surface area contributed by atoms with E-state index in [1.807, 2.05) is 0 Å². The van der Waals surface area contributed by atoms with Crippen LogP contribution in [0.2, 0.25) is 0 Å². The zero-order valence-electron chi connectivity index (χ0n) is 12.1. The third-order valence-electron chi connectivity index (χ3n) is 3.01. The molecule has 0 saturated heterocycles. The Morgan fingerprint density at radius 1 is 1.19 bits per heavy atom. The fourth-order valence-corrected chi connectivity index (χ4v) is 1.98. The van der Waals surface area contributed by atoms with Crippen LogP contribution in [0, 0.1) is 11.8 Å². The Balaban J connectivity index is 3.53.